The van der Waals surface area contributed by atoms with Crippen LogP contribution in [0.25, 0.3) is 21.9 Å². The Labute approximate surface area is 155 Å². The van der Waals surface area contributed by atoms with E-state index in [1.54, 1.807) is 0 Å². The van der Waals surface area contributed by atoms with E-state index in [9.17, 15) is 0 Å². The number of nitrogens with zero attached hydrogens (tertiary/aromatic N) is 1. The van der Waals surface area contributed by atoms with Crippen molar-refractivity contribution in [3.63, 3.8) is 0 Å². The van der Waals surface area contributed by atoms with E-state index in [2.05, 4.69) is 116 Å². The van der Waals surface area contributed by atoms with Crippen LogP contribution in [-0.2, 0) is 0 Å². The molecule has 0 saturated heterocycles. The molecule has 4 aromatic rings. The van der Waals surface area contributed by atoms with E-state index in [-0.39, 0.29) is 0 Å². The smallest absolute Gasteiger partial charge is 0.0499 e. The van der Waals surface area contributed by atoms with Gasteiger partial charge in [-0.3, -0.25) is 0 Å². The standard InChI is InChI=1S/C25H23N/c1-19(2)26(23-15-7-4-8-16-23)25-18-22-14-10-9-13-21(22)17-24(25)20-11-5-3-6-12-20/h3-19H,1-2H3. The largest absolute Gasteiger partial charge is 0.338 e. The van der Waals surface area contributed by atoms with Gasteiger partial charge in [0.1, 0.15) is 0 Å². The Hall–Kier alpha value is -3.06. The maximum Gasteiger partial charge on any atom is 0.0499 e. The number of hydrogen-bond donors (Lipinski definition) is 0. The average molecular weight is 337 g/mol. The number of fused-ring (bicyclic) bond motifs is 1. The number of anilines is 2. The Kier molecular flexibility index (Phi) is 4.45. The molecular formula is C25H23N. The highest BCUT2D eigenvalue weighted by Crippen LogP contribution is 2.39. The first-order valence-corrected chi connectivity index (χ1v) is 9.16. The van der Waals surface area contributed by atoms with Crippen molar-refractivity contribution in [2.45, 2.75) is 19.9 Å². The monoisotopic (exact) mass is 337 g/mol. The fourth-order valence-corrected chi connectivity index (χ4v) is 3.58. The van der Waals surface area contributed by atoms with Crippen LogP contribution in [0.2, 0.25) is 0 Å². The highest BCUT2D eigenvalue weighted by molar-refractivity contribution is 5.96. The van der Waals surface area contributed by atoms with Crippen LogP contribution in [-0.4, -0.2) is 6.04 Å². The van der Waals surface area contributed by atoms with Crippen molar-refractivity contribution in [2.24, 2.45) is 0 Å². The van der Waals surface area contributed by atoms with Gasteiger partial charge in [0, 0.05) is 23.0 Å². The van der Waals surface area contributed by atoms with Crippen LogP contribution in [0.5, 0.6) is 0 Å². The zero-order valence-electron chi connectivity index (χ0n) is 15.3. The summed E-state index contributed by atoms with van der Waals surface area (Å²) in [7, 11) is 0. The molecule has 4 aromatic carbocycles. The Morgan fingerprint density at radius 2 is 1.15 bits per heavy atom. The molecule has 1 heteroatoms. The maximum atomic E-state index is 2.43. The lowest BCUT2D eigenvalue weighted by atomic mass is 9.97. The van der Waals surface area contributed by atoms with E-state index in [1.807, 2.05) is 0 Å². The summed E-state index contributed by atoms with van der Waals surface area (Å²) in [6.07, 6.45) is 0. The summed E-state index contributed by atoms with van der Waals surface area (Å²) in [6, 6.07) is 34.9. The van der Waals surface area contributed by atoms with E-state index < -0.39 is 0 Å². The zero-order chi connectivity index (χ0) is 17.9. The van der Waals surface area contributed by atoms with Gasteiger partial charge >= 0.3 is 0 Å². The highest BCUT2D eigenvalue weighted by Gasteiger charge is 2.18. The molecule has 0 spiro atoms. The summed E-state index contributed by atoms with van der Waals surface area (Å²) in [5.74, 6) is 0. The molecule has 0 aliphatic carbocycles. The molecule has 0 N–H and O–H groups in total. The normalized spacial score (nSPS) is 11.0. The van der Waals surface area contributed by atoms with Crippen molar-refractivity contribution < 1.29 is 0 Å². The van der Waals surface area contributed by atoms with E-state index in [4.69, 9.17) is 0 Å². The fraction of sp³-hybridized carbons (Fsp3) is 0.120. The Bertz CT molecular complexity index is 1000. The predicted molar refractivity (Wildman–Crippen MR) is 113 cm³/mol. The summed E-state index contributed by atoms with van der Waals surface area (Å²) in [5.41, 5.74) is 4.97. The van der Waals surface area contributed by atoms with Gasteiger partial charge in [-0.1, -0.05) is 72.8 Å². The summed E-state index contributed by atoms with van der Waals surface area (Å²) < 4.78 is 0. The van der Waals surface area contributed by atoms with Gasteiger partial charge in [0.15, 0.2) is 0 Å². The zero-order valence-corrected chi connectivity index (χ0v) is 15.3. The van der Waals surface area contributed by atoms with Gasteiger partial charge in [-0.15, -0.1) is 0 Å². The van der Waals surface area contributed by atoms with Crippen LogP contribution < -0.4 is 4.90 Å². The van der Waals surface area contributed by atoms with Crippen molar-refractivity contribution in [1.29, 1.82) is 0 Å². The number of rotatable bonds is 4. The number of para-hydroxylation sites is 1. The fourth-order valence-electron chi connectivity index (χ4n) is 3.58. The summed E-state index contributed by atoms with van der Waals surface area (Å²) in [4.78, 5) is 2.43. The van der Waals surface area contributed by atoms with E-state index in [0.29, 0.717) is 6.04 Å². The van der Waals surface area contributed by atoms with Crippen molar-refractivity contribution in [3.8, 4) is 11.1 Å². The van der Waals surface area contributed by atoms with Crippen molar-refractivity contribution in [2.75, 3.05) is 4.90 Å². The molecule has 0 unspecified atom stereocenters. The van der Waals surface area contributed by atoms with E-state index >= 15 is 0 Å². The quantitative estimate of drug-likeness (QED) is 0.385. The molecule has 0 amide bonds. The Balaban J connectivity index is 2.00. The van der Waals surface area contributed by atoms with Gasteiger partial charge in [0.2, 0.25) is 0 Å². The molecule has 0 aromatic heterocycles. The lowest BCUT2D eigenvalue weighted by Gasteiger charge is -2.31. The summed E-state index contributed by atoms with van der Waals surface area (Å²) >= 11 is 0. The number of benzene rings is 4. The third-order valence-corrected chi connectivity index (χ3v) is 4.76. The Morgan fingerprint density at radius 3 is 1.77 bits per heavy atom. The van der Waals surface area contributed by atoms with Crippen LogP contribution in [0.3, 0.4) is 0 Å². The second kappa shape index (κ2) is 7.05. The molecule has 0 heterocycles. The van der Waals surface area contributed by atoms with Gasteiger partial charge in [-0.2, -0.15) is 0 Å². The molecule has 26 heavy (non-hydrogen) atoms. The summed E-state index contributed by atoms with van der Waals surface area (Å²) in [6.45, 7) is 4.49. The maximum absolute atomic E-state index is 2.43. The van der Waals surface area contributed by atoms with Crippen molar-refractivity contribution in [1.82, 2.24) is 0 Å². The van der Waals surface area contributed by atoms with Gasteiger partial charge in [-0.25, -0.2) is 0 Å². The average Bonchev–Trinajstić information content (AvgIpc) is 2.69. The second-order valence-electron chi connectivity index (χ2n) is 6.88. The van der Waals surface area contributed by atoms with Crippen LogP contribution >= 0.6 is 0 Å². The van der Waals surface area contributed by atoms with Crippen molar-refractivity contribution >= 4 is 22.1 Å². The molecule has 0 radical (unpaired) electrons. The lowest BCUT2D eigenvalue weighted by molar-refractivity contribution is 0.790. The molecule has 0 aliphatic rings. The molecule has 1 nitrogen and oxygen atoms in total. The van der Waals surface area contributed by atoms with Crippen LogP contribution in [0.15, 0.2) is 97.1 Å². The molecule has 0 aliphatic heterocycles. The highest BCUT2D eigenvalue weighted by atomic mass is 15.2. The first-order valence-electron chi connectivity index (χ1n) is 9.16. The lowest BCUT2D eigenvalue weighted by Crippen LogP contribution is -2.25. The molecule has 0 fully saturated rings. The van der Waals surface area contributed by atoms with Gasteiger partial charge in [0.25, 0.3) is 0 Å². The molecule has 128 valence electrons. The number of hydrogen-bond acceptors (Lipinski definition) is 1. The first-order chi connectivity index (χ1) is 12.7. The molecule has 0 atom stereocenters. The third-order valence-electron chi connectivity index (χ3n) is 4.76. The van der Waals surface area contributed by atoms with Gasteiger partial charge < -0.3 is 4.90 Å². The molecule has 0 bridgehead atoms. The van der Waals surface area contributed by atoms with Crippen LogP contribution in [0.4, 0.5) is 11.4 Å². The van der Waals surface area contributed by atoms with Gasteiger partial charge in [0.05, 0.1) is 0 Å². The third kappa shape index (κ3) is 3.09. The summed E-state index contributed by atoms with van der Waals surface area (Å²) in [5, 5.41) is 2.54. The minimum atomic E-state index is 0.348. The van der Waals surface area contributed by atoms with Crippen LogP contribution in [0, 0.1) is 0 Å². The molecular weight excluding hydrogens is 314 g/mol. The second-order valence-corrected chi connectivity index (χ2v) is 6.88. The minimum absolute atomic E-state index is 0.348. The molecule has 0 saturated carbocycles. The van der Waals surface area contributed by atoms with Crippen molar-refractivity contribution in [3.05, 3.63) is 97.1 Å². The van der Waals surface area contributed by atoms with Crippen LogP contribution in [0.1, 0.15) is 13.8 Å². The minimum Gasteiger partial charge on any atom is -0.338 e. The SMILES string of the molecule is CC(C)N(c1ccccc1)c1cc2ccccc2cc1-c1ccccc1. The first kappa shape index (κ1) is 16.4. The van der Waals surface area contributed by atoms with E-state index in [1.165, 1.54) is 33.3 Å². The van der Waals surface area contributed by atoms with E-state index in [0.717, 1.165) is 0 Å². The Morgan fingerprint density at radius 1 is 0.615 bits per heavy atom. The van der Waals surface area contributed by atoms with Gasteiger partial charge in [-0.05, 0) is 54.4 Å². The topological polar surface area (TPSA) is 3.24 Å². The molecule has 4 rings (SSSR count). The predicted octanol–water partition coefficient (Wildman–Crippen LogP) is 7.05.